The monoisotopic (exact) mass is 279 g/mol. The molecule has 0 saturated heterocycles. The van der Waals surface area contributed by atoms with Crippen LogP contribution in [0.2, 0.25) is 5.02 Å². The Balaban J connectivity index is 2.29. The normalized spacial score (nSPS) is 13.9. The van der Waals surface area contributed by atoms with E-state index in [9.17, 15) is 4.39 Å². The molecule has 0 aliphatic rings. The predicted octanol–water partition coefficient (Wildman–Crippen LogP) is 3.95. The largest absolute Gasteiger partial charge is 0.481 e. The third-order valence-corrected chi connectivity index (χ3v) is 2.98. The number of hydrogen-bond donors (Lipinski definition) is 1. The molecule has 0 aliphatic heterocycles. The molecular weight excluding hydrogens is 265 g/mol. The number of para-hydroxylation sites is 1. The van der Waals surface area contributed by atoms with E-state index in [4.69, 9.17) is 22.1 Å². The van der Waals surface area contributed by atoms with E-state index in [0.717, 1.165) is 5.56 Å². The summed E-state index contributed by atoms with van der Waals surface area (Å²) in [5, 5.41) is 0.597. The van der Waals surface area contributed by atoms with E-state index >= 15 is 0 Å². The van der Waals surface area contributed by atoms with Crippen LogP contribution in [0.4, 0.5) is 4.39 Å². The molecule has 100 valence electrons. The first-order valence-electron chi connectivity index (χ1n) is 6.00. The first-order chi connectivity index (χ1) is 9.08. The zero-order valence-corrected chi connectivity index (χ0v) is 11.3. The lowest BCUT2D eigenvalue weighted by atomic mass is 10.0. The van der Waals surface area contributed by atoms with Gasteiger partial charge in [0.15, 0.2) is 11.6 Å². The average Bonchev–Trinajstić information content (AvgIpc) is 2.37. The Bertz CT molecular complexity index is 559. The number of hydrogen-bond acceptors (Lipinski definition) is 2. The smallest absolute Gasteiger partial charge is 0.165 e. The second-order valence-corrected chi connectivity index (χ2v) is 4.82. The molecule has 0 bridgehead atoms. The Kier molecular flexibility index (Phi) is 4.40. The summed E-state index contributed by atoms with van der Waals surface area (Å²) in [5.74, 6) is -0.222. The number of nitrogens with two attached hydrogens (primary N) is 1. The topological polar surface area (TPSA) is 35.2 Å². The maximum absolute atomic E-state index is 13.6. The van der Waals surface area contributed by atoms with Crippen molar-refractivity contribution < 1.29 is 9.13 Å². The van der Waals surface area contributed by atoms with Crippen molar-refractivity contribution >= 4 is 11.6 Å². The fourth-order valence-electron chi connectivity index (χ4n) is 1.84. The van der Waals surface area contributed by atoms with Crippen molar-refractivity contribution in [1.82, 2.24) is 0 Å². The summed E-state index contributed by atoms with van der Waals surface area (Å²) in [6.45, 7) is 1.81. The van der Waals surface area contributed by atoms with Crippen LogP contribution < -0.4 is 10.5 Å². The van der Waals surface area contributed by atoms with E-state index < -0.39 is 11.9 Å². The standard InChI is InChI=1S/C15H15ClFNO/c1-10(18)15(11-5-4-6-12(16)9-11)19-14-8-3-2-7-13(14)17/h2-10,15H,18H2,1H3. The molecule has 2 atom stereocenters. The molecule has 19 heavy (non-hydrogen) atoms. The first-order valence-corrected chi connectivity index (χ1v) is 6.38. The van der Waals surface area contributed by atoms with E-state index in [1.54, 1.807) is 30.3 Å². The zero-order chi connectivity index (χ0) is 13.8. The third-order valence-electron chi connectivity index (χ3n) is 2.75. The van der Waals surface area contributed by atoms with Crippen LogP contribution in [-0.4, -0.2) is 6.04 Å². The lowest BCUT2D eigenvalue weighted by Gasteiger charge is -2.23. The van der Waals surface area contributed by atoms with E-state index in [0.29, 0.717) is 5.02 Å². The van der Waals surface area contributed by atoms with Gasteiger partial charge in [0.2, 0.25) is 0 Å². The van der Waals surface area contributed by atoms with Gasteiger partial charge in [-0.3, -0.25) is 0 Å². The van der Waals surface area contributed by atoms with E-state index in [1.807, 2.05) is 19.1 Å². The van der Waals surface area contributed by atoms with E-state index in [1.165, 1.54) is 6.07 Å². The minimum absolute atomic E-state index is 0.185. The van der Waals surface area contributed by atoms with Gasteiger partial charge in [0, 0.05) is 11.1 Å². The highest BCUT2D eigenvalue weighted by molar-refractivity contribution is 6.30. The summed E-state index contributed by atoms with van der Waals surface area (Å²) in [6.07, 6.45) is -0.449. The van der Waals surface area contributed by atoms with Crippen molar-refractivity contribution in [1.29, 1.82) is 0 Å². The molecule has 2 aromatic carbocycles. The first kappa shape index (κ1) is 13.8. The molecule has 0 saturated carbocycles. The second-order valence-electron chi connectivity index (χ2n) is 4.38. The molecule has 2 unspecified atom stereocenters. The van der Waals surface area contributed by atoms with Crippen molar-refractivity contribution in [2.45, 2.75) is 19.1 Å². The molecule has 0 fully saturated rings. The molecule has 0 aliphatic carbocycles. The fraction of sp³-hybridized carbons (Fsp3) is 0.200. The molecule has 0 spiro atoms. The third kappa shape index (κ3) is 3.46. The Labute approximate surface area is 117 Å². The van der Waals surface area contributed by atoms with Gasteiger partial charge in [-0.15, -0.1) is 0 Å². The van der Waals surface area contributed by atoms with Gasteiger partial charge < -0.3 is 10.5 Å². The molecule has 4 heteroatoms. The van der Waals surface area contributed by atoms with Crippen LogP contribution in [0.25, 0.3) is 0 Å². The molecule has 2 N–H and O–H groups in total. The van der Waals surface area contributed by atoms with Gasteiger partial charge >= 0.3 is 0 Å². The van der Waals surface area contributed by atoms with Crippen molar-refractivity contribution in [3.8, 4) is 5.75 Å². The number of rotatable bonds is 4. The van der Waals surface area contributed by atoms with Crippen LogP contribution in [-0.2, 0) is 0 Å². The summed E-state index contributed by atoms with van der Waals surface area (Å²) in [4.78, 5) is 0. The zero-order valence-electron chi connectivity index (χ0n) is 10.5. The fourth-order valence-corrected chi connectivity index (χ4v) is 2.04. The van der Waals surface area contributed by atoms with Crippen molar-refractivity contribution in [3.05, 3.63) is 64.9 Å². The summed E-state index contributed by atoms with van der Waals surface area (Å²) in [6, 6.07) is 13.2. The van der Waals surface area contributed by atoms with Crippen LogP contribution in [0.15, 0.2) is 48.5 Å². The molecule has 0 aromatic heterocycles. The van der Waals surface area contributed by atoms with Gasteiger partial charge in [0.25, 0.3) is 0 Å². The van der Waals surface area contributed by atoms with E-state index in [-0.39, 0.29) is 11.8 Å². The SMILES string of the molecule is CC(N)C(Oc1ccccc1F)c1cccc(Cl)c1. The minimum Gasteiger partial charge on any atom is -0.481 e. The molecular formula is C15H15ClFNO. The highest BCUT2D eigenvalue weighted by atomic mass is 35.5. The Morgan fingerprint density at radius 1 is 1.16 bits per heavy atom. The van der Waals surface area contributed by atoms with Gasteiger partial charge in [-0.2, -0.15) is 0 Å². The molecule has 0 heterocycles. The predicted molar refractivity (Wildman–Crippen MR) is 74.9 cm³/mol. The minimum atomic E-state index is -0.449. The molecule has 2 rings (SSSR count). The lowest BCUT2D eigenvalue weighted by molar-refractivity contribution is 0.172. The van der Waals surface area contributed by atoms with Crippen LogP contribution in [0.5, 0.6) is 5.75 Å². The molecule has 2 aromatic rings. The van der Waals surface area contributed by atoms with Gasteiger partial charge in [-0.25, -0.2) is 4.39 Å². The highest BCUT2D eigenvalue weighted by Crippen LogP contribution is 2.27. The lowest BCUT2D eigenvalue weighted by Crippen LogP contribution is -2.29. The Morgan fingerprint density at radius 2 is 1.89 bits per heavy atom. The van der Waals surface area contributed by atoms with E-state index in [2.05, 4.69) is 0 Å². The summed E-state index contributed by atoms with van der Waals surface area (Å²) in [7, 11) is 0. The van der Waals surface area contributed by atoms with Gasteiger partial charge in [-0.05, 0) is 36.8 Å². The maximum Gasteiger partial charge on any atom is 0.165 e. The second kappa shape index (κ2) is 6.04. The molecule has 0 radical (unpaired) electrons. The van der Waals surface area contributed by atoms with Crippen molar-refractivity contribution in [2.24, 2.45) is 5.73 Å². The van der Waals surface area contributed by atoms with Crippen LogP contribution in [0.3, 0.4) is 0 Å². The summed E-state index contributed by atoms with van der Waals surface area (Å²) < 4.78 is 19.3. The summed E-state index contributed by atoms with van der Waals surface area (Å²) >= 11 is 5.96. The van der Waals surface area contributed by atoms with Gasteiger partial charge in [0.05, 0.1) is 0 Å². The Morgan fingerprint density at radius 3 is 2.53 bits per heavy atom. The quantitative estimate of drug-likeness (QED) is 0.920. The van der Waals surface area contributed by atoms with Crippen molar-refractivity contribution in [2.75, 3.05) is 0 Å². The van der Waals surface area contributed by atoms with Crippen LogP contribution >= 0.6 is 11.6 Å². The number of ether oxygens (including phenoxy) is 1. The molecule has 2 nitrogen and oxygen atoms in total. The van der Waals surface area contributed by atoms with Crippen LogP contribution in [0, 0.1) is 5.82 Å². The maximum atomic E-state index is 13.6. The molecule has 0 amide bonds. The highest BCUT2D eigenvalue weighted by Gasteiger charge is 2.19. The van der Waals surface area contributed by atoms with Crippen molar-refractivity contribution in [3.63, 3.8) is 0 Å². The Hall–Kier alpha value is -1.58. The number of halogens is 2. The average molecular weight is 280 g/mol. The summed E-state index contributed by atoms with van der Waals surface area (Å²) in [5.41, 5.74) is 6.75. The number of benzene rings is 2. The van der Waals surface area contributed by atoms with Gasteiger partial charge in [-0.1, -0.05) is 35.9 Å². The van der Waals surface area contributed by atoms with Gasteiger partial charge in [0.1, 0.15) is 6.10 Å². The van der Waals surface area contributed by atoms with Crippen LogP contribution in [0.1, 0.15) is 18.6 Å².